The van der Waals surface area contributed by atoms with Crippen LogP contribution in [0.15, 0.2) is 54.1 Å². The number of nitrogens with zero attached hydrogens (tertiary/aromatic N) is 1. The Morgan fingerprint density at radius 1 is 0.969 bits per heavy atom. The zero-order valence-electron chi connectivity index (χ0n) is 18.7. The van der Waals surface area contributed by atoms with Crippen molar-refractivity contribution in [3.63, 3.8) is 0 Å². The van der Waals surface area contributed by atoms with Crippen molar-refractivity contribution in [2.45, 2.75) is 40.0 Å². The summed E-state index contributed by atoms with van der Waals surface area (Å²) in [5.74, 6) is -0.457. The molecule has 1 saturated heterocycles. The van der Waals surface area contributed by atoms with Crippen molar-refractivity contribution in [2.75, 3.05) is 10.2 Å². The molecule has 1 N–H and O–H groups in total. The van der Waals surface area contributed by atoms with E-state index < -0.39 is 0 Å². The molecule has 5 heteroatoms. The molecular formula is C27H28N2O3. The highest BCUT2D eigenvalue weighted by molar-refractivity contribution is 6.23. The summed E-state index contributed by atoms with van der Waals surface area (Å²) >= 11 is 0. The van der Waals surface area contributed by atoms with Gasteiger partial charge in [0, 0.05) is 11.3 Å². The second-order valence-electron chi connectivity index (χ2n) is 9.14. The van der Waals surface area contributed by atoms with Gasteiger partial charge >= 0.3 is 0 Å². The van der Waals surface area contributed by atoms with Crippen molar-refractivity contribution < 1.29 is 14.4 Å². The Morgan fingerprint density at radius 3 is 2.22 bits per heavy atom. The van der Waals surface area contributed by atoms with Crippen LogP contribution in [0.3, 0.4) is 0 Å². The van der Waals surface area contributed by atoms with Gasteiger partial charge in [0.05, 0.1) is 17.5 Å². The summed E-state index contributed by atoms with van der Waals surface area (Å²) < 4.78 is 0. The number of para-hydroxylation sites is 1. The fraction of sp³-hybridized carbons (Fsp3) is 0.370. The third kappa shape index (κ3) is 3.02. The lowest BCUT2D eigenvalue weighted by Gasteiger charge is -2.19. The average Bonchev–Trinajstić information content (AvgIpc) is 3.44. The molecule has 1 saturated carbocycles. The lowest BCUT2D eigenvalue weighted by Crippen LogP contribution is -2.33. The molecule has 164 valence electrons. The molecule has 5 nitrogen and oxygen atoms in total. The third-order valence-electron chi connectivity index (χ3n) is 7.51. The van der Waals surface area contributed by atoms with E-state index in [2.05, 4.69) is 32.2 Å². The van der Waals surface area contributed by atoms with Crippen molar-refractivity contribution in [1.82, 2.24) is 0 Å². The maximum atomic E-state index is 13.1. The van der Waals surface area contributed by atoms with Crippen LogP contribution in [0.25, 0.3) is 0 Å². The van der Waals surface area contributed by atoms with Gasteiger partial charge in [-0.1, -0.05) is 43.7 Å². The number of benzene rings is 2. The summed E-state index contributed by atoms with van der Waals surface area (Å²) in [5, 5.41) is 3.07. The maximum absolute atomic E-state index is 13.1. The van der Waals surface area contributed by atoms with Crippen LogP contribution in [0.2, 0.25) is 0 Å². The first kappa shape index (κ1) is 20.7. The fourth-order valence-corrected chi connectivity index (χ4v) is 5.88. The van der Waals surface area contributed by atoms with Crippen LogP contribution >= 0.6 is 0 Å². The van der Waals surface area contributed by atoms with Gasteiger partial charge in [0.2, 0.25) is 11.8 Å². The van der Waals surface area contributed by atoms with Crippen molar-refractivity contribution >= 4 is 29.1 Å². The molecule has 4 atom stereocenters. The van der Waals surface area contributed by atoms with Gasteiger partial charge in [-0.3, -0.25) is 19.3 Å². The Bertz CT molecular complexity index is 1130. The summed E-state index contributed by atoms with van der Waals surface area (Å²) in [4.78, 5) is 40.5. The number of carbonyl (C=O) groups is 3. The summed E-state index contributed by atoms with van der Waals surface area (Å²) in [6.45, 7) is 6.21. The smallest absolute Gasteiger partial charge is 0.255 e. The summed E-state index contributed by atoms with van der Waals surface area (Å²) in [6, 6.07) is 12.9. The summed E-state index contributed by atoms with van der Waals surface area (Å²) in [7, 11) is 0. The van der Waals surface area contributed by atoms with E-state index in [0.29, 0.717) is 11.3 Å². The number of carbonyl (C=O) groups excluding carboxylic acids is 3. The van der Waals surface area contributed by atoms with E-state index in [1.807, 2.05) is 18.2 Å². The zero-order valence-corrected chi connectivity index (χ0v) is 18.7. The minimum Gasteiger partial charge on any atom is -0.321 e. The topological polar surface area (TPSA) is 66.5 Å². The van der Waals surface area contributed by atoms with E-state index in [9.17, 15) is 14.4 Å². The summed E-state index contributed by atoms with van der Waals surface area (Å²) in [6.07, 6.45) is 4.76. The Labute approximate surface area is 188 Å². The normalized spacial score (nSPS) is 25.8. The van der Waals surface area contributed by atoms with Crippen molar-refractivity contribution in [2.24, 2.45) is 23.7 Å². The molecule has 0 radical (unpaired) electrons. The molecule has 0 spiro atoms. The van der Waals surface area contributed by atoms with Gasteiger partial charge in [0.25, 0.3) is 5.91 Å². The minimum atomic E-state index is -0.225. The monoisotopic (exact) mass is 428 g/mol. The quantitative estimate of drug-likeness (QED) is 0.551. The van der Waals surface area contributed by atoms with E-state index in [-0.39, 0.29) is 41.4 Å². The number of nitrogens with one attached hydrogen (secondary N) is 1. The maximum Gasteiger partial charge on any atom is 0.255 e. The molecule has 0 unspecified atom stereocenters. The van der Waals surface area contributed by atoms with Crippen LogP contribution in [0.1, 0.15) is 48.7 Å². The predicted molar refractivity (Wildman–Crippen MR) is 124 cm³/mol. The average molecular weight is 429 g/mol. The Morgan fingerprint density at radius 2 is 1.59 bits per heavy atom. The largest absolute Gasteiger partial charge is 0.321 e. The van der Waals surface area contributed by atoms with E-state index >= 15 is 0 Å². The molecule has 2 aromatic carbocycles. The highest BCUT2D eigenvalue weighted by atomic mass is 16.2. The van der Waals surface area contributed by atoms with E-state index in [1.165, 1.54) is 10.5 Å². The number of amides is 3. The van der Waals surface area contributed by atoms with Crippen LogP contribution in [0.5, 0.6) is 0 Å². The van der Waals surface area contributed by atoms with Crippen LogP contribution in [-0.2, 0) is 22.4 Å². The first-order valence-corrected chi connectivity index (χ1v) is 11.5. The third-order valence-corrected chi connectivity index (χ3v) is 7.51. The van der Waals surface area contributed by atoms with E-state index in [4.69, 9.17) is 0 Å². The SMILES string of the molecule is CCc1cccc(CC)c1NC(=O)c1ccc(N2C(=O)[C@@H]3[C@H](C2=O)[C@@H]2C[C@@H]3C=C2C)cc1. The van der Waals surface area contributed by atoms with Crippen LogP contribution in [0.4, 0.5) is 11.4 Å². The standard InChI is InChI=1S/C27H28N2O3/c1-4-16-7-6-8-17(5-2)24(16)28-25(30)18-9-11-20(12-10-18)29-26(31)22-19-13-15(3)21(14-19)23(22)27(29)32/h6-13,19,21-23H,4-5,14H2,1-3H3,(H,28,30)/t19-,21+,22-,23+/m0/s1. The number of fused-ring (bicyclic) bond motifs is 5. The Balaban J connectivity index is 1.36. The lowest BCUT2D eigenvalue weighted by atomic mass is 9.82. The second kappa shape index (κ2) is 7.73. The van der Waals surface area contributed by atoms with Gasteiger partial charge in [-0.25, -0.2) is 0 Å². The van der Waals surface area contributed by atoms with Gasteiger partial charge in [-0.15, -0.1) is 0 Å². The molecule has 2 aliphatic carbocycles. The number of imide groups is 1. The van der Waals surface area contributed by atoms with Gasteiger partial charge in [-0.05, 0) is 73.4 Å². The van der Waals surface area contributed by atoms with E-state index in [1.54, 1.807) is 24.3 Å². The van der Waals surface area contributed by atoms with Crippen LogP contribution in [-0.4, -0.2) is 17.7 Å². The number of hydrogen-bond acceptors (Lipinski definition) is 3. The van der Waals surface area contributed by atoms with Gasteiger partial charge in [0.1, 0.15) is 0 Å². The highest BCUT2D eigenvalue weighted by Crippen LogP contribution is 2.55. The Hall–Kier alpha value is -3.21. The second-order valence-corrected chi connectivity index (χ2v) is 9.14. The molecule has 3 amide bonds. The van der Waals surface area contributed by atoms with Crippen molar-refractivity contribution in [3.05, 3.63) is 70.8 Å². The molecule has 5 rings (SSSR count). The predicted octanol–water partition coefficient (Wildman–Crippen LogP) is 4.77. The number of allylic oxidation sites excluding steroid dienone is 2. The minimum absolute atomic E-state index is 0.0957. The number of aryl methyl sites for hydroxylation is 2. The molecule has 2 bridgehead atoms. The fourth-order valence-electron chi connectivity index (χ4n) is 5.88. The van der Waals surface area contributed by atoms with Crippen LogP contribution < -0.4 is 10.2 Å². The molecule has 0 aromatic heterocycles. The summed E-state index contributed by atoms with van der Waals surface area (Å²) in [5.41, 5.74) is 5.37. The van der Waals surface area contributed by atoms with Crippen molar-refractivity contribution in [1.29, 1.82) is 0 Å². The highest BCUT2D eigenvalue weighted by Gasteiger charge is 2.60. The molecule has 2 fully saturated rings. The molecule has 1 aliphatic heterocycles. The number of hydrogen-bond donors (Lipinski definition) is 1. The van der Waals surface area contributed by atoms with Gasteiger partial charge in [-0.2, -0.15) is 0 Å². The molecule has 1 heterocycles. The Kier molecular flexibility index (Phi) is 5.00. The number of anilines is 2. The zero-order chi connectivity index (χ0) is 22.6. The van der Waals surface area contributed by atoms with Crippen LogP contribution in [0, 0.1) is 23.7 Å². The molecule has 3 aliphatic rings. The first-order valence-electron chi connectivity index (χ1n) is 11.5. The molecule has 32 heavy (non-hydrogen) atoms. The molecular weight excluding hydrogens is 400 g/mol. The number of rotatable bonds is 5. The molecule has 2 aromatic rings. The van der Waals surface area contributed by atoms with Crippen molar-refractivity contribution in [3.8, 4) is 0 Å². The lowest BCUT2D eigenvalue weighted by molar-refractivity contribution is -0.123. The van der Waals surface area contributed by atoms with Gasteiger partial charge < -0.3 is 5.32 Å². The van der Waals surface area contributed by atoms with Gasteiger partial charge in [0.15, 0.2) is 0 Å². The van der Waals surface area contributed by atoms with E-state index in [0.717, 1.165) is 36.1 Å². The first-order chi connectivity index (χ1) is 15.4.